The maximum absolute atomic E-state index is 6.07. The third-order valence-corrected chi connectivity index (χ3v) is 2.99. The van der Waals surface area contributed by atoms with Gasteiger partial charge >= 0.3 is 0 Å². The topological polar surface area (TPSA) is 86.0 Å². The summed E-state index contributed by atoms with van der Waals surface area (Å²) in [6.45, 7) is 0.569. The third kappa shape index (κ3) is 3.29. The van der Waals surface area contributed by atoms with Gasteiger partial charge in [-0.15, -0.1) is 0 Å². The zero-order valence-electron chi connectivity index (χ0n) is 11.8. The number of pyridine rings is 1. The van der Waals surface area contributed by atoms with Gasteiger partial charge in [-0.3, -0.25) is 4.98 Å². The monoisotopic (exact) mass is 293 g/mol. The van der Waals surface area contributed by atoms with Crippen LogP contribution < -0.4 is 15.8 Å². The van der Waals surface area contributed by atoms with Crippen molar-refractivity contribution in [1.82, 2.24) is 15.0 Å². The Bertz CT molecular complexity index is 734. The number of nitrogens with zero attached hydrogens (tertiary/aromatic N) is 3. The maximum atomic E-state index is 6.07. The smallest absolute Gasteiger partial charge is 0.248 e. The fourth-order valence-corrected chi connectivity index (χ4v) is 1.89. The summed E-state index contributed by atoms with van der Waals surface area (Å²) in [5.74, 6) is 1.53. The molecule has 6 heteroatoms. The zero-order valence-corrected chi connectivity index (χ0v) is 11.8. The van der Waals surface area contributed by atoms with Crippen LogP contribution in [0.5, 0.6) is 11.6 Å². The Hall–Kier alpha value is -3.15. The first kappa shape index (κ1) is 13.8. The lowest BCUT2D eigenvalue weighted by Crippen LogP contribution is -2.06. The first-order chi connectivity index (χ1) is 10.8. The van der Waals surface area contributed by atoms with Crippen LogP contribution in [0.3, 0.4) is 0 Å². The molecule has 0 aliphatic carbocycles. The summed E-state index contributed by atoms with van der Waals surface area (Å²) >= 11 is 0. The van der Waals surface area contributed by atoms with Crippen molar-refractivity contribution >= 4 is 11.5 Å². The van der Waals surface area contributed by atoms with Gasteiger partial charge in [0.15, 0.2) is 5.82 Å². The summed E-state index contributed by atoms with van der Waals surface area (Å²) in [7, 11) is 0. The molecule has 0 amide bonds. The van der Waals surface area contributed by atoms with Gasteiger partial charge in [0.05, 0.1) is 0 Å². The fraction of sp³-hybridized carbons (Fsp3) is 0.0625. The number of para-hydroxylation sites is 1. The van der Waals surface area contributed by atoms with Crippen molar-refractivity contribution in [3.05, 3.63) is 66.7 Å². The number of aromatic nitrogens is 3. The van der Waals surface area contributed by atoms with Crippen LogP contribution in [0.1, 0.15) is 5.56 Å². The molecule has 0 bridgehead atoms. The molecule has 0 saturated heterocycles. The van der Waals surface area contributed by atoms with E-state index in [2.05, 4.69) is 20.3 Å². The summed E-state index contributed by atoms with van der Waals surface area (Å²) in [4.78, 5) is 12.3. The predicted octanol–water partition coefficient (Wildman–Crippen LogP) is 2.86. The standard InChI is InChI=1S/C16H15N5O/c17-14-15(19-10-12-5-4-8-18-9-12)20-11-21-16(14)22-13-6-2-1-3-7-13/h1-9,11H,10,17H2,(H,19,20,21). The molecule has 0 aliphatic rings. The van der Waals surface area contributed by atoms with Crippen molar-refractivity contribution in [1.29, 1.82) is 0 Å². The van der Waals surface area contributed by atoms with Crippen LogP contribution in [0.25, 0.3) is 0 Å². The Morgan fingerprint density at radius 3 is 2.68 bits per heavy atom. The van der Waals surface area contributed by atoms with Gasteiger partial charge in [0, 0.05) is 18.9 Å². The lowest BCUT2D eigenvalue weighted by atomic mass is 10.3. The molecule has 110 valence electrons. The van der Waals surface area contributed by atoms with E-state index in [-0.39, 0.29) is 0 Å². The van der Waals surface area contributed by atoms with Crippen molar-refractivity contribution in [2.24, 2.45) is 0 Å². The van der Waals surface area contributed by atoms with Gasteiger partial charge in [0.25, 0.3) is 0 Å². The number of nitrogens with two attached hydrogens (primary N) is 1. The lowest BCUT2D eigenvalue weighted by Gasteiger charge is -2.11. The number of nitrogen functional groups attached to an aromatic ring is 1. The largest absolute Gasteiger partial charge is 0.437 e. The number of anilines is 2. The molecule has 2 heterocycles. The summed E-state index contributed by atoms with van der Waals surface area (Å²) in [5.41, 5.74) is 7.47. The molecule has 0 atom stereocenters. The quantitative estimate of drug-likeness (QED) is 0.752. The molecule has 6 nitrogen and oxygen atoms in total. The van der Waals surface area contributed by atoms with Crippen molar-refractivity contribution in [2.75, 3.05) is 11.1 Å². The highest BCUT2D eigenvalue weighted by molar-refractivity contribution is 5.66. The molecular weight excluding hydrogens is 278 g/mol. The second-order valence-electron chi connectivity index (χ2n) is 4.57. The van der Waals surface area contributed by atoms with E-state index in [9.17, 15) is 0 Å². The van der Waals surface area contributed by atoms with Gasteiger partial charge in [-0.2, -0.15) is 4.98 Å². The van der Waals surface area contributed by atoms with Crippen LogP contribution in [-0.2, 0) is 6.54 Å². The van der Waals surface area contributed by atoms with Crippen molar-refractivity contribution in [3.8, 4) is 11.6 Å². The molecular formula is C16H15N5O. The second-order valence-corrected chi connectivity index (χ2v) is 4.57. The highest BCUT2D eigenvalue weighted by Gasteiger charge is 2.10. The van der Waals surface area contributed by atoms with Gasteiger partial charge in [-0.25, -0.2) is 4.98 Å². The predicted molar refractivity (Wildman–Crippen MR) is 84.5 cm³/mol. The molecule has 22 heavy (non-hydrogen) atoms. The van der Waals surface area contributed by atoms with Gasteiger partial charge in [0.2, 0.25) is 5.88 Å². The number of hydrogen-bond donors (Lipinski definition) is 2. The number of benzene rings is 1. The highest BCUT2D eigenvalue weighted by atomic mass is 16.5. The Balaban J connectivity index is 1.74. The van der Waals surface area contributed by atoms with Crippen molar-refractivity contribution in [3.63, 3.8) is 0 Å². The highest BCUT2D eigenvalue weighted by Crippen LogP contribution is 2.29. The SMILES string of the molecule is Nc1c(NCc2cccnc2)ncnc1Oc1ccccc1. The van der Waals surface area contributed by atoms with E-state index < -0.39 is 0 Å². The van der Waals surface area contributed by atoms with Crippen LogP contribution in [0.2, 0.25) is 0 Å². The first-order valence-corrected chi connectivity index (χ1v) is 6.79. The minimum Gasteiger partial charge on any atom is -0.437 e. The van der Waals surface area contributed by atoms with Crippen molar-refractivity contribution < 1.29 is 4.74 Å². The van der Waals surface area contributed by atoms with Crippen LogP contribution in [0.4, 0.5) is 11.5 Å². The van der Waals surface area contributed by atoms with Gasteiger partial charge in [-0.05, 0) is 23.8 Å². The van der Waals surface area contributed by atoms with Crippen LogP contribution in [0, 0.1) is 0 Å². The molecule has 0 radical (unpaired) electrons. The van der Waals surface area contributed by atoms with Gasteiger partial charge in [-0.1, -0.05) is 24.3 Å². The van der Waals surface area contributed by atoms with E-state index in [0.717, 1.165) is 5.56 Å². The minimum absolute atomic E-state index is 0.329. The minimum atomic E-state index is 0.329. The fourth-order valence-electron chi connectivity index (χ4n) is 1.89. The molecule has 0 aliphatic heterocycles. The van der Waals surface area contributed by atoms with E-state index in [0.29, 0.717) is 29.7 Å². The van der Waals surface area contributed by atoms with Gasteiger partial charge < -0.3 is 15.8 Å². The number of ether oxygens (including phenoxy) is 1. The van der Waals surface area contributed by atoms with Gasteiger partial charge in [0.1, 0.15) is 17.8 Å². The van der Waals surface area contributed by atoms with E-state index in [4.69, 9.17) is 10.5 Å². The molecule has 0 saturated carbocycles. The van der Waals surface area contributed by atoms with Crippen LogP contribution in [-0.4, -0.2) is 15.0 Å². The molecule has 3 rings (SSSR count). The second kappa shape index (κ2) is 6.53. The molecule has 0 unspecified atom stereocenters. The Morgan fingerprint density at radius 1 is 1.05 bits per heavy atom. The Labute approximate surface area is 128 Å². The summed E-state index contributed by atoms with van der Waals surface area (Å²) in [6, 6.07) is 13.2. The number of nitrogens with one attached hydrogen (secondary N) is 1. The maximum Gasteiger partial charge on any atom is 0.248 e. The molecule has 0 fully saturated rings. The molecule has 2 aromatic heterocycles. The van der Waals surface area contributed by atoms with E-state index in [1.54, 1.807) is 12.4 Å². The number of hydrogen-bond acceptors (Lipinski definition) is 6. The molecule has 0 spiro atoms. The molecule has 3 aromatic rings. The average molecular weight is 293 g/mol. The molecule has 1 aromatic carbocycles. The number of rotatable bonds is 5. The zero-order chi connectivity index (χ0) is 15.2. The summed E-state index contributed by atoms with van der Waals surface area (Å²) in [6.07, 6.45) is 4.93. The van der Waals surface area contributed by atoms with E-state index in [1.807, 2.05) is 42.5 Å². The Kier molecular flexibility index (Phi) is 4.10. The van der Waals surface area contributed by atoms with Crippen LogP contribution >= 0.6 is 0 Å². The first-order valence-electron chi connectivity index (χ1n) is 6.79. The van der Waals surface area contributed by atoms with Crippen LogP contribution in [0.15, 0.2) is 61.2 Å². The average Bonchev–Trinajstić information content (AvgIpc) is 2.58. The van der Waals surface area contributed by atoms with E-state index >= 15 is 0 Å². The summed E-state index contributed by atoms with van der Waals surface area (Å²) < 4.78 is 5.67. The van der Waals surface area contributed by atoms with E-state index in [1.165, 1.54) is 6.33 Å². The molecule has 3 N–H and O–H groups in total. The normalized spacial score (nSPS) is 10.2. The lowest BCUT2D eigenvalue weighted by molar-refractivity contribution is 0.464. The third-order valence-electron chi connectivity index (χ3n) is 2.99. The summed E-state index contributed by atoms with van der Waals surface area (Å²) in [5, 5.41) is 3.16. The Morgan fingerprint density at radius 2 is 1.91 bits per heavy atom. The van der Waals surface area contributed by atoms with Crippen molar-refractivity contribution in [2.45, 2.75) is 6.54 Å².